The number of carbonyl (C=O) groups is 3. The van der Waals surface area contributed by atoms with Crippen LogP contribution >= 0.6 is 23.2 Å². The summed E-state index contributed by atoms with van der Waals surface area (Å²) < 4.78 is 11.9. The van der Waals surface area contributed by atoms with Gasteiger partial charge in [-0.3, -0.25) is 9.59 Å². The van der Waals surface area contributed by atoms with Gasteiger partial charge in [0.15, 0.2) is 11.6 Å². The van der Waals surface area contributed by atoms with Gasteiger partial charge in [-0.15, -0.1) is 0 Å². The molecule has 1 heterocycles. The van der Waals surface area contributed by atoms with Gasteiger partial charge in [0.2, 0.25) is 0 Å². The van der Waals surface area contributed by atoms with Crippen molar-refractivity contribution in [1.29, 1.82) is 0 Å². The summed E-state index contributed by atoms with van der Waals surface area (Å²) in [5, 5.41) is 0.613. The van der Waals surface area contributed by atoms with E-state index in [0.29, 0.717) is 59.1 Å². The van der Waals surface area contributed by atoms with Gasteiger partial charge in [-0.05, 0) is 46.7 Å². The molecule has 3 aliphatic rings. The Labute approximate surface area is 226 Å². The molecule has 0 bridgehead atoms. The zero-order valence-electron chi connectivity index (χ0n) is 21.2. The van der Waals surface area contributed by atoms with Crippen LogP contribution in [0.25, 0.3) is 0 Å². The fourth-order valence-corrected chi connectivity index (χ4v) is 5.82. The minimum Gasteiger partial charge on any atom is -0.465 e. The summed E-state index contributed by atoms with van der Waals surface area (Å²) in [4.78, 5) is 39.4. The lowest BCUT2D eigenvalue weighted by atomic mass is 9.65. The molecule has 37 heavy (non-hydrogen) atoms. The van der Waals surface area contributed by atoms with Crippen molar-refractivity contribution in [3.05, 3.63) is 86.3 Å². The molecule has 0 atom stereocenters. The minimum atomic E-state index is -0.568. The van der Waals surface area contributed by atoms with Crippen molar-refractivity contribution in [3.8, 4) is 5.75 Å². The van der Waals surface area contributed by atoms with E-state index in [0.717, 1.165) is 5.56 Å². The van der Waals surface area contributed by atoms with Crippen molar-refractivity contribution < 1.29 is 23.9 Å². The highest BCUT2D eigenvalue weighted by Gasteiger charge is 2.47. The van der Waals surface area contributed by atoms with Crippen molar-refractivity contribution in [2.24, 2.45) is 10.8 Å². The fourth-order valence-electron chi connectivity index (χ4n) is 5.53. The van der Waals surface area contributed by atoms with Crippen molar-refractivity contribution in [2.45, 2.75) is 59.3 Å². The molecular formula is C30H28Cl2O5. The van der Waals surface area contributed by atoms with Crippen LogP contribution in [-0.4, -0.2) is 17.5 Å². The summed E-state index contributed by atoms with van der Waals surface area (Å²) in [6.07, 6.45) is 2.06. The normalized spacial score (nSPS) is 20.8. The van der Waals surface area contributed by atoms with Crippen LogP contribution in [-0.2, 0) is 14.3 Å². The van der Waals surface area contributed by atoms with Gasteiger partial charge < -0.3 is 9.47 Å². The van der Waals surface area contributed by atoms with E-state index in [9.17, 15) is 14.4 Å². The molecule has 0 saturated carbocycles. The second-order valence-electron chi connectivity index (χ2n) is 11.7. The van der Waals surface area contributed by atoms with E-state index in [-0.39, 0.29) is 33.0 Å². The molecule has 2 aromatic carbocycles. The van der Waals surface area contributed by atoms with Crippen molar-refractivity contribution >= 4 is 40.7 Å². The maximum atomic E-state index is 13.4. The highest BCUT2D eigenvalue weighted by molar-refractivity contribution is 6.42. The maximum absolute atomic E-state index is 13.4. The van der Waals surface area contributed by atoms with Crippen LogP contribution in [0.5, 0.6) is 5.75 Å². The van der Waals surface area contributed by atoms with Crippen LogP contribution in [0.15, 0.2) is 65.1 Å². The number of allylic oxidation sites excluding steroid dienone is 4. The highest BCUT2D eigenvalue weighted by Crippen LogP contribution is 2.53. The van der Waals surface area contributed by atoms with Crippen LogP contribution < -0.4 is 4.74 Å². The molecule has 5 rings (SSSR count). The number of carbonyl (C=O) groups excluding carboxylic acids is 3. The molecule has 0 aromatic heterocycles. The average Bonchev–Trinajstić information content (AvgIpc) is 2.78. The molecule has 0 fully saturated rings. The summed E-state index contributed by atoms with van der Waals surface area (Å²) in [6, 6.07) is 11.5. The topological polar surface area (TPSA) is 69.7 Å². The smallest absolute Gasteiger partial charge is 0.343 e. The van der Waals surface area contributed by atoms with Crippen molar-refractivity contribution in [2.75, 3.05) is 0 Å². The first kappa shape index (κ1) is 25.7. The standard InChI is InChI=1S/C30H28Cl2O5/c1-29(2)12-21(33)26-23(14-29)37-24-15-30(3,4)13-22(34)27(24)25(26)16-5-8-18(9-6-16)36-28(35)17-7-10-19(31)20(32)11-17/h5-11,25H,12-15H2,1-4H3. The van der Waals surface area contributed by atoms with Crippen LogP contribution in [0.1, 0.15) is 75.2 Å². The molecule has 0 spiro atoms. The Balaban J connectivity index is 1.50. The van der Waals surface area contributed by atoms with Gasteiger partial charge in [0.25, 0.3) is 0 Å². The minimum absolute atomic E-state index is 0.00977. The van der Waals surface area contributed by atoms with Gasteiger partial charge in [-0.2, -0.15) is 0 Å². The summed E-state index contributed by atoms with van der Waals surface area (Å²) in [5.74, 6) is 0.636. The Morgan fingerprint density at radius 2 is 1.35 bits per heavy atom. The monoisotopic (exact) mass is 538 g/mol. The van der Waals surface area contributed by atoms with Gasteiger partial charge in [0, 0.05) is 42.7 Å². The number of Topliss-reactive ketones (excluding diaryl/α,β-unsaturated/α-hetero) is 2. The van der Waals surface area contributed by atoms with Gasteiger partial charge in [0.1, 0.15) is 17.3 Å². The Kier molecular flexibility index (Phi) is 6.36. The number of halogens is 2. The number of ether oxygens (including phenoxy) is 2. The van der Waals surface area contributed by atoms with Crippen molar-refractivity contribution in [3.63, 3.8) is 0 Å². The molecule has 7 heteroatoms. The van der Waals surface area contributed by atoms with E-state index >= 15 is 0 Å². The van der Waals surface area contributed by atoms with Gasteiger partial charge in [0.05, 0.1) is 15.6 Å². The first-order valence-corrected chi connectivity index (χ1v) is 13.1. The fraction of sp³-hybridized carbons (Fsp3) is 0.367. The summed E-state index contributed by atoms with van der Waals surface area (Å²) in [6.45, 7) is 8.24. The van der Waals surface area contributed by atoms with Gasteiger partial charge >= 0.3 is 5.97 Å². The molecule has 0 radical (unpaired) electrons. The summed E-state index contributed by atoms with van der Waals surface area (Å²) in [5.41, 5.74) is 1.79. The predicted octanol–water partition coefficient (Wildman–Crippen LogP) is 7.61. The van der Waals surface area contributed by atoms with Crippen LogP contribution in [0.3, 0.4) is 0 Å². The molecule has 5 nitrogen and oxygen atoms in total. The predicted molar refractivity (Wildman–Crippen MR) is 142 cm³/mol. The molecule has 0 unspecified atom stereocenters. The SMILES string of the molecule is CC1(C)CC(=O)C2=C(C1)OC1=C(C(=O)CC(C)(C)C1)C2c1ccc(OC(=O)c2ccc(Cl)c(Cl)c2)cc1. The van der Waals surface area contributed by atoms with Gasteiger partial charge in [-0.1, -0.05) is 63.0 Å². The van der Waals surface area contributed by atoms with E-state index < -0.39 is 11.9 Å². The number of benzene rings is 2. The third-order valence-electron chi connectivity index (χ3n) is 7.16. The quantitative estimate of drug-likeness (QED) is 0.297. The van der Waals surface area contributed by atoms with E-state index in [4.69, 9.17) is 32.7 Å². The van der Waals surface area contributed by atoms with Crippen LogP contribution in [0, 0.1) is 10.8 Å². The second kappa shape index (κ2) is 9.14. The third kappa shape index (κ3) is 4.99. The summed E-state index contributed by atoms with van der Waals surface area (Å²) in [7, 11) is 0. The Hall–Kier alpha value is -2.89. The van der Waals surface area contributed by atoms with E-state index in [1.807, 2.05) is 12.1 Å². The number of rotatable bonds is 3. The second-order valence-corrected chi connectivity index (χ2v) is 12.5. The average molecular weight is 539 g/mol. The lowest BCUT2D eigenvalue weighted by Gasteiger charge is -2.42. The number of hydrogen-bond acceptors (Lipinski definition) is 5. The first-order chi connectivity index (χ1) is 17.3. The van der Waals surface area contributed by atoms with E-state index in [2.05, 4.69) is 27.7 Å². The lowest BCUT2D eigenvalue weighted by Crippen LogP contribution is -2.37. The molecule has 1 aliphatic heterocycles. The molecule has 0 saturated heterocycles. The van der Waals surface area contributed by atoms with E-state index in [1.54, 1.807) is 18.2 Å². The van der Waals surface area contributed by atoms with Crippen LogP contribution in [0.2, 0.25) is 10.0 Å². The lowest BCUT2D eigenvalue weighted by molar-refractivity contribution is -0.120. The number of hydrogen-bond donors (Lipinski definition) is 0. The zero-order valence-corrected chi connectivity index (χ0v) is 22.8. The molecule has 0 amide bonds. The third-order valence-corrected chi connectivity index (χ3v) is 7.90. The Morgan fingerprint density at radius 3 is 1.86 bits per heavy atom. The van der Waals surface area contributed by atoms with Gasteiger partial charge in [-0.25, -0.2) is 4.79 Å². The number of ketones is 2. The first-order valence-electron chi connectivity index (χ1n) is 12.3. The maximum Gasteiger partial charge on any atom is 0.343 e. The summed E-state index contributed by atoms with van der Waals surface area (Å²) >= 11 is 12.0. The molecule has 0 N–H and O–H groups in total. The number of esters is 1. The molecule has 192 valence electrons. The largest absolute Gasteiger partial charge is 0.465 e. The Morgan fingerprint density at radius 1 is 0.811 bits per heavy atom. The van der Waals surface area contributed by atoms with E-state index in [1.165, 1.54) is 12.1 Å². The van der Waals surface area contributed by atoms with Crippen molar-refractivity contribution in [1.82, 2.24) is 0 Å². The highest BCUT2D eigenvalue weighted by atomic mass is 35.5. The molecular weight excluding hydrogens is 511 g/mol. The molecule has 2 aliphatic carbocycles. The zero-order chi connectivity index (χ0) is 26.7. The van der Waals surface area contributed by atoms with Crippen LogP contribution in [0.4, 0.5) is 0 Å². The molecule has 2 aromatic rings. The Bertz CT molecular complexity index is 1340.